The maximum absolute atomic E-state index is 13.0. The molecule has 1 aliphatic rings. The Kier molecular flexibility index (Phi) is 5.96. The Balaban J connectivity index is 2.20. The minimum atomic E-state index is -0.652. The topological polar surface area (TPSA) is 95.7 Å². The quantitative estimate of drug-likeness (QED) is 0.400. The number of unbranched alkanes of at least 4 members (excludes halogenated alkanes) is 1. The van der Waals surface area contributed by atoms with Crippen molar-refractivity contribution in [3.8, 4) is 0 Å². The molecular formula is C18H27N3O3. The maximum Gasteiger partial charge on any atom is 0.266 e. The van der Waals surface area contributed by atoms with Gasteiger partial charge in [-0.1, -0.05) is 29.8 Å². The van der Waals surface area contributed by atoms with Crippen LogP contribution in [0.3, 0.4) is 0 Å². The van der Waals surface area contributed by atoms with Gasteiger partial charge in [-0.15, -0.1) is 0 Å². The molecule has 2 rings (SSSR count). The highest BCUT2D eigenvalue weighted by Crippen LogP contribution is 2.37. The van der Waals surface area contributed by atoms with Crippen LogP contribution in [0.2, 0.25) is 0 Å². The molecule has 6 heteroatoms. The highest BCUT2D eigenvalue weighted by Gasteiger charge is 2.47. The SMILES string of the molecule is Cc1ccc(C2(C)CCN(C(CCCCN)C(=O)NO)C2=O)cc1. The second kappa shape index (κ2) is 7.77. The second-order valence-electron chi connectivity index (χ2n) is 6.72. The average Bonchev–Trinajstić information content (AvgIpc) is 2.88. The van der Waals surface area contributed by atoms with Gasteiger partial charge < -0.3 is 10.6 Å². The minimum Gasteiger partial charge on any atom is -0.330 e. The van der Waals surface area contributed by atoms with E-state index in [0.29, 0.717) is 25.9 Å². The Hall–Kier alpha value is -1.92. The van der Waals surface area contributed by atoms with Crippen LogP contribution in [0.5, 0.6) is 0 Å². The third-order valence-corrected chi connectivity index (χ3v) is 5.00. The van der Waals surface area contributed by atoms with Crippen molar-refractivity contribution in [1.82, 2.24) is 10.4 Å². The summed E-state index contributed by atoms with van der Waals surface area (Å²) in [5, 5.41) is 9.02. The summed E-state index contributed by atoms with van der Waals surface area (Å²) >= 11 is 0. The van der Waals surface area contributed by atoms with E-state index in [-0.39, 0.29) is 5.91 Å². The van der Waals surface area contributed by atoms with E-state index in [1.165, 1.54) is 0 Å². The molecular weight excluding hydrogens is 306 g/mol. The van der Waals surface area contributed by atoms with Crippen LogP contribution < -0.4 is 11.2 Å². The smallest absolute Gasteiger partial charge is 0.266 e. The molecule has 1 saturated heterocycles. The molecule has 0 spiro atoms. The van der Waals surface area contributed by atoms with Crippen molar-refractivity contribution in [2.24, 2.45) is 5.73 Å². The summed E-state index contributed by atoms with van der Waals surface area (Å²) in [6.07, 6.45) is 2.67. The summed E-state index contributed by atoms with van der Waals surface area (Å²) < 4.78 is 0. The third-order valence-electron chi connectivity index (χ3n) is 5.00. The average molecular weight is 333 g/mol. The van der Waals surface area contributed by atoms with Crippen LogP contribution in [0, 0.1) is 6.92 Å². The van der Waals surface area contributed by atoms with E-state index in [9.17, 15) is 9.59 Å². The van der Waals surface area contributed by atoms with Crippen molar-refractivity contribution >= 4 is 11.8 Å². The van der Waals surface area contributed by atoms with Crippen molar-refractivity contribution < 1.29 is 14.8 Å². The molecule has 1 aromatic rings. The molecule has 0 aromatic heterocycles. The number of hydrogen-bond acceptors (Lipinski definition) is 4. The van der Waals surface area contributed by atoms with Gasteiger partial charge in [0.15, 0.2) is 0 Å². The Bertz CT molecular complexity index is 588. The standard InChI is InChI=1S/C18H27N3O3/c1-13-6-8-14(9-7-13)18(2)10-12-21(17(18)23)15(16(22)20-24)5-3-4-11-19/h6-9,15,24H,3-5,10-12,19H2,1-2H3,(H,20,22). The number of amides is 2. The van der Waals surface area contributed by atoms with Crippen LogP contribution >= 0.6 is 0 Å². The molecule has 1 aromatic carbocycles. The van der Waals surface area contributed by atoms with E-state index in [1.54, 1.807) is 10.4 Å². The van der Waals surface area contributed by atoms with Gasteiger partial charge in [0.2, 0.25) is 5.91 Å². The third kappa shape index (κ3) is 3.60. The van der Waals surface area contributed by atoms with Crippen molar-refractivity contribution in [2.45, 2.75) is 51.0 Å². The zero-order valence-electron chi connectivity index (χ0n) is 14.4. The lowest BCUT2D eigenvalue weighted by Crippen LogP contribution is -2.49. The molecule has 0 radical (unpaired) electrons. The molecule has 1 fully saturated rings. The molecule has 132 valence electrons. The van der Waals surface area contributed by atoms with Crippen LogP contribution in [-0.2, 0) is 15.0 Å². The highest BCUT2D eigenvalue weighted by atomic mass is 16.5. The molecule has 1 heterocycles. The summed E-state index contributed by atoms with van der Waals surface area (Å²) in [4.78, 5) is 26.7. The van der Waals surface area contributed by atoms with E-state index in [2.05, 4.69) is 0 Å². The number of nitrogens with one attached hydrogen (secondary N) is 1. The fourth-order valence-corrected chi connectivity index (χ4v) is 3.34. The molecule has 1 aliphatic heterocycles. The molecule has 2 unspecified atom stereocenters. The Morgan fingerprint density at radius 1 is 1.38 bits per heavy atom. The molecule has 2 atom stereocenters. The summed E-state index contributed by atoms with van der Waals surface area (Å²) in [5.41, 5.74) is 8.68. The predicted octanol–water partition coefficient (Wildman–Crippen LogP) is 1.49. The fourth-order valence-electron chi connectivity index (χ4n) is 3.34. The fraction of sp³-hybridized carbons (Fsp3) is 0.556. The van der Waals surface area contributed by atoms with Crippen molar-refractivity contribution in [2.75, 3.05) is 13.1 Å². The summed E-state index contributed by atoms with van der Waals surface area (Å²) in [6.45, 7) is 4.98. The number of hydrogen-bond donors (Lipinski definition) is 3. The number of carbonyl (C=O) groups is 2. The Morgan fingerprint density at radius 2 is 2.04 bits per heavy atom. The van der Waals surface area contributed by atoms with Gasteiger partial charge >= 0.3 is 0 Å². The van der Waals surface area contributed by atoms with Gasteiger partial charge in [-0.05, 0) is 51.6 Å². The van der Waals surface area contributed by atoms with E-state index >= 15 is 0 Å². The van der Waals surface area contributed by atoms with Gasteiger partial charge in [-0.3, -0.25) is 14.8 Å². The molecule has 0 bridgehead atoms. The molecule has 0 saturated carbocycles. The van der Waals surface area contributed by atoms with Gasteiger partial charge in [0.05, 0.1) is 5.41 Å². The molecule has 24 heavy (non-hydrogen) atoms. The lowest BCUT2D eigenvalue weighted by molar-refractivity contribution is -0.144. The van der Waals surface area contributed by atoms with Crippen molar-refractivity contribution in [3.63, 3.8) is 0 Å². The van der Waals surface area contributed by atoms with E-state index in [1.807, 2.05) is 38.1 Å². The number of hydroxylamine groups is 1. The van der Waals surface area contributed by atoms with E-state index in [4.69, 9.17) is 10.9 Å². The lowest BCUT2D eigenvalue weighted by atomic mass is 9.81. The van der Waals surface area contributed by atoms with Gasteiger partial charge in [0.1, 0.15) is 6.04 Å². The molecule has 4 N–H and O–H groups in total. The number of nitrogens with two attached hydrogens (primary N) is 1. The first-order valence-corrected chi connectivity index (χ1v) is 8.46. The molecule has 2 amide bonds. The molecule has 6 nitrogen and oxygen atoms in total. The van der Waals surface area contributed by atoms with E-state index in [0.717, 1.165) is 24.0 Å². The second-order valence-corrected chi connectivity index (χ2v) is 6.72. The van der Waals surface area contributed by atoms with Gasteiger partial charge in [0.25, 0.3) is 5.91 Å². The summed E-state index contributed by atoms with van der Waals surface area (Å²) in [6, 6.07) is 7.30. The van der Waals surface area contributed by atoms with Crippen LogP contribution in [-0.4, -0.2) is 41.1 Å². The van der Waals surface area contributed by atoms with Crippen LogP contribution in [0.15, 0.2) is 24.3 Å². The van der Waals surface area contributed by atoms with E-state index < -0.39 is 17.4 Å². The van der Waals surface area contributed by atoms with Crippen molar-refractivity contribution in [1.29, 1.82) is 0 Å². The summed E-state index contributed by atoms with van der Waals surface area (Å²) in [7, 11) is 0. The highest BCUT2D eigenvalue weighted by molar-refractivity contribution is 5.94. The number of likely N-dealkylation sites (tertiary alicyclic amines) is 1. The first-order chi connectivity index (χ1) is 11.4. The minimum absolute atomic E-state index is 0.0623. The largest absolute Gasteiger partial charge is 0.330 e. The monoisotopic (exact) mass is 333 g/mol. The predicted molar refractivity (Wildman–Crippen MR) is 91.5 cm³/mol. The van der Waals surface area contributed by atoms with Gasteiger partial charge in [-0.25, -0.2) is 5.48 Å². The van der Waals surface area contributed by atoms with Gasteiger partial charge in [-0.2, -0.15) is 0 Å². The molecule has 0 aliphatic carbocycles. The lowest BCUT2D eigenvalue weighted by Gasteiger charge is -2.29. The normalized spacial score (nSPS) is 21.8. The zero-order chi connectivity index (χ0) is 17.7. The van der Waals surface area contributed by atoms with Gasteiger partial charge in [0, 0.05) is 6.54 Å². The number of benzene rings is 1. The van der Waals surface area contributed by atoms with Crippen LogP contribution in [0.4, 0.5) is 0 Å². The Labute approximate surface area is 143 Å². The zero-order valence-corrected chi connectivity index (χ0v) is 14.4. The van der Waals surface area contributed by atoms with Crippen LogP contribution in [0.1, 0.15) is 43.7 Å². The first-order valence-electron chi connectivity index (χ1n) is 8.46. The number of rotatable bonds is 7. The number of aryl methyl sites for hydroxylation is 1. The van der Waals surface area contributed by atoms with Crippen molar-refractivity contribution in [3.05, 3.63) is 35.4 Å². The number of nitrogens with zero attached hydrogens (tertiary/aromatic N) is 1. The number of carbonyl (C=O) groups excluding carboxylic acids is 2. The Morgan fingerprint density at radius 3 is 2.62 bits per heavy atom. The maximum atomic E-state index is 13.0. The van der Waals surface area contributed by atoms with Crippen LogP contribution in [0.25, 0.3) is 0 Å². The summed E-state index contributed by atoms with van der Waals surface area (Å²) in [5.74, 6) is -0.596. The first kappa shape index (κ1) is 18.4.